The molecule has 210 valence electrons. The Kier molecular flexibility index (Phi) is 5.98. The average Bonchev–Trinajstić information content (AvgIpc) is 3.55. The molecule has 0 N–H and O–H groups in total. The van der Waals surface area contributed by atoms with Crippen LogP contribution >= 0.6 is 0 Å². The minimum atomic E-state index is -0.116. The molecule has 0 aliphatic rings. The van der Waals surface area contributed by atoms with Gasteiger partial charge in [-0.25, -0.2) is 9.59 Å². The molecule has 6 aromatic carbocycles. The van der Waals surface area contributed by atoms with E-state index < -0.39 is 0 Å². The average molecular weight is 571 g/mol. The van der Waals surface area contributed by atoms with Gasteiger partial charge in [0.2, 0.25) is 0 Å². The second-order valence-electron chi connectivity index (χ2n) is 10.6. The second kappa shape index (κ2) is 10.3. The van der Waals surface area contributed by atoms with Gasteiger partial charge in [0.15, 0.2) is 0 Å². The topological polar surface area (TPSA) is 53.9 Å². The highest BCUT2D eigenvalue weighted by Gasteiger charge is 2.17. The van der Waals surface area contributed by atoms with E-state index in [4.69, 9.17) is 0 Å². The quantitative estimate of drug-likeness (QED) is 0.215. The van der Waals surface area contributed by atoms with Gasteiger partial charge in [-0.2, -0.15) is 0 Å². The molecule has 2 aromatic heterocycles. The maximum Gasteiger partial charge on any atom is 0.338 e. The molecule has 6 heteroatoms. The molecule has 0 unspecified atom stereocenters. The lowest BCUT2D eigenvalue weighted by atomic mass is 10.0. The van der Waals surface area contributed by atoms with Crippen molar-refractivity contribution in [2.24, 2.45) is 0 Å². The van der Waals surface area contributed by atoms with Crippen LogP contribution in [-0.2, 0) is 0 Å². The highest BCUT2D eigenvalue weighted by atomic mass is 16.2. The molecule has 0 amide bonds. The largest absolute Gasteiger partial charge is 0.338 e. The summed E-state index contributed by atoms with van der Waals surface area (Å²) < 4.78 is 7.01. The Labute approximate surface area is 252 Å². The van der Waals surface area contributed by atoms with Crippen molar-refractivity contribution in [3.05, 3.63) is 179 Å². The van der Waals surface area contributed by atoms with Gasteiger partial charge in [0.05, 0.1) is 44.8 Å². The van der Waals surface area contributed by atoms with E-state index in [0.717, 1.165) is 55.9 Å². The van der Waals surface area contributed by atoms with Crippen molar-refractivity contribution < 1.29 is 0 Å². The Morgan fingerprint density at radius 3 is 0.818 bits per heavy atom. The number of benzene rings is 6. The molecule has 0 radical (unpaired) electrons. The molecule has 0 aliphatic carbocycles. The van der Waals surface area contributed by atoms with Gasteiger partial charge in [-0.3, -0.25) is 18.3 Å². The normalized spacial score (nSPS) is 11.4. The van der Waals surface area contributed by atoms with Crippen molar-refractivity contribution in [2.75, 3.05) is 0 Å². The summed E-state index contributed by atoms with van der Waals surface area (Å²) >= 11 is 0. The first-order valence-electron chi connectivity index (χ1n) is 14.5. The van der Waals surface area contributed by atoms with Gasteiger partial charge in [0, 0.05) is 0 Å². The van der Waals surface area contributed by atoms with E-state index >= 15 is 0 Å². The van der Waals surface area contributed by atoms with Crippen LogP contribution in [0.25, 0.3) is 55.9 Å². The number of para-hydroxylation sites is 6. The molecule has 0 fully saturated rings. The van der Waals surface area contributed by atoms with E-state index in [9.17, 15) is 9.59 Å². The predicted octanol–water partition coefficient (Wildman–Crippen LogP) is 7.54. The molecule has 0 spiro atoms. The smallest absolute Gasteiger partial charge is 0.260 e. The SMILES string of the molecule is O=c1n(-c2ccccc2)c2ccccc2n1-c1ccc(-c2ccc(-n3c(=O)n(-c4ccccc4)c4ccccc43)cc2)cc1. The molecule has 2 heterocycles. The molecule has 0 saturated carbocycles. The van der Waals surface area contributed by atoms with E-state index in [1.54, 1.807) is 18.3 Å². The summed E-state index contributed by atoms with van der Waals surface area (Å²) in [6, 6.07) is 51.1. The van der Waals surface area contributed by atoms with E-state index in [-0.39, 0.29) is 11.4 Å². The summed E-state index contributed by atoms with van der Waals surface area (Å²) in [5.41, 5.74) is 8.44. The van der Waals surface area contributed by atoms with Crippen LogP contribution in [0, 0.1) is 0 Å². The van der Waals surface area contributed by atoms with Crippen molar-refractivity contribution in [3.8, 4) is 33.9 Å². The minimum Gasteiger partial charge on any atom is -0.260 e. The molecule has 44 heavy (non-hydrogen) atoms. The Balaban J connectivity index is 1.17. The van der Waals surface area contributed by atoms with Gasteiger partial charge in [-0.1, -0.05) is 84.9 Å². The van der Waals surface area contributed by atoms with Gasteiger partial charge in [-0.15, -0.1) is 0 Å². The lowest BCUT2D eigenvalue weighted by Gasteiger charge is -2.08. The number of imidazole rings is 2. The van der Waals surface area contributed by atoms with Gasteiger partial charge >= 0.3 is 11.4 Å². The zero-order valence-corrected chi connectivity index (χ0v) is 23.6. The Bertz CT molecular complexity index is 2220. The lowest BCUT2D eigenvalue weighted by Crippen LogP contribution is -2.22. The van der Waals surface area contributed by atoms with E-state index in [1.165, 1.54) is 0 Å². The molecule has 0 bridgehead atoms. The van der Waals surface area contributed by atoms with Crippen molar-refractivity contribution in [3.63, 3.8) is 0 Å². The van der Waals surface area contributed by atoms with Gasteiger partial charge < -0.3 is 0 Å². The highest BCUT2D eigenvalue weighted by Crippen LogP contribution is 2.26. The maximum atomic E-state index is 13.7. The zero-order valence-electron chi connectivity index (χ0n) is 23.6. The molecule has 8 aromatic rings. The number of hydrogen-bond donors (Lipinski definition) is 0. The summed E-state index contributed by atoms with van der Waals surface area (Å²) in [4.78, 5) is 27.5. The fourth-order valence-corrected chi connectivity index (χ4v) is 6.05. The van der Waals surface area contributed by atoms with E-state index in [1.807, 2.05) is 158 Å². The molecule has 0 aliphatic heterocycles. The van der Waals surface area contributed by atoms with E-state index in [2.05, 4.69) is 0 Å². The molecule has 8 rings (SSSR count). The van der Waals surface area contributed by atoms with Gasteiger partial charge in [0.25, 0.3) is 0 Å². The molecular formula is C38H26N4O2. The third-order valence-corrected chi connectivity index (χ3v) is 8.11. The van der Waals surface area contributed by atoms with Crippen LogP contribution in [0.15, 0.2) is 167 Å². The van der Waals surface area contributed by atoms with Crippen LogP contribution < -0.4 is 11.4 Å². The van der Waals surface area contributed by atoms with Gasteiger partial charge in [0.1, 0.15) is 0 Å². The first-order valence-corrected chi connectivity index (χ1v) is 14.5. The second-order valence-corrected chi connectivity index (χ2v) is 10.6. The monoisotopic (exact) mass is 570 g/mol. The Morgan fingerprint density at radius 1 is 0.273 bits per heavy atom. The van der Waals surface area contributed by atoms with Crippen LogP contribution in [0.1, 0.15) is 0 Å². The predicted molar refractivity (Wildman–Crippen MR) is 177 cm³/mol. The molecular weight excluding hydrogens is 544 g/mol. The minimum absolute atomic E-state index is 0.116. The van der Waals surface area contributed by atoms with Crippen LogP contribution in [0.3, 0.4) is 0 Å². The summed E-state index contributed by atoms with van der Waals surface area (Å²) in [6.07, 6.45) is 0. The van der Waals surface area contributed by atoms with E-state index in [0.29, 0.717) is 0 Å². The zero-order chi connectivity index (χ0) is 29.6. The third kappa shape index (κ3) is 4.04. The Morgan fingerprint density at radius 2 is 0.523 bits per heavy atom. The van der Waals surface area contributed by atoms with Crippen molar-refractivity contribution >= 4 is 22.1 Å². The number of rotatable bonds is 5. The maximum absolute atomic E-state index is 13.7. The number of fused-ring (bicyclic) bond motifs is 2. The lowest BCUT2D eigenvalue weighted by molar-refractivity contribution is 0.930. The van der Waals surface area contributed by atoms with Crippen LogP contribution in [0.5, 0.6) is 0 Å². The molecule has 0 saturated heterocycles. The first-order chi connectivity index (χ1) is 21.7. The van der Waals surface area contributed by atoms with Crippen LogP contribution in [0.2, 0.25) is 0 Å². The summed E-state index contributed by atoms with van der Waals surface area (Å²) in [5.74, 6) is 0. The first kappa shape index (κ1) is 25.6. The Hall–Kier alpha value is -6.14. The highest BCUT2D eigenvalue weighted by molar-refractivity contribution is 5.81. The standard InChI is InChI=1S/C38H26N4O2/c43-37-39(29-11-3-1-4-12-29)33-15-7-9-17-35(33)41(37)31-23-19-27(20-24-31)28-21-25-32(26-22-28)42-36-18-10-8-16-34(36)40(38(42)44)30-13-5-2-6-14-30/h1-26H. The number of nitrogens with zero attached hydrogens (tertiary/aromatic N) is 4. The van der Waals surface area contributed by atoms with Crippen LogP contribution in [-0.4, -0.2) is 18.3 Å². The van der Waals surface area contributed by atoms with Crippen molar-refractivity contribution in [1.29, 1.82) is 0 Å². The van der Waals surface area contributed by atoms with Crippen molar-refractivity contribution in [1.82, 2.24) is 18.3 Å². The number of aromatic nitrogens is 4. The fraction of sp³-hybridized carbons (Fsp3) is 0. The number of hydrogen-bond acceptors (Lipinski definition) is 2. The summed E-state index contributed by atoms with van der Waals surface area (Å²) in [6.45, 7) is 0. The van der Waals surface area contributed by atoms with Crippen LogP contribution in [0.4, 0.5) is 0 Å². The molecule has 6 nitrogen and oxygen atoms in total. The fourth-order valence-electron chi connectivity index (χ4n) is 6.05. The summed E-state index contributed by atoms with van der Waals surface area (Å²) in [7, 11) is 0. The van der Waals surface area contributed by atoms with Crippen molar-refractivity contribution in [2.45, 2.75) is 0 Å². The van der Waals surface area contributed by atoms with Gasteiger partial charge in [-0.05, 0) is 83.9 Å². The molecule has 0 atom stereocenters. The summed E-state index contributed by atoms with van der Waals surface area (Å²) in [5, 5.41) is 0. The third-order valence-electron chi connectivity index (χ3n) is 8.11.